The third-order valence-corrected chi connectivity index (χ3v) is 7.35. The fourth-order valence-electron chi connectivity index (χ4n) is 3.46. The van der Waals surface area contributed by atoms with E-state index in [-0.39, 0.29) is 4.90 Å². The Morgan fingerprint density at radius 1 is 0.867 bits per heavy atom. The lowest BCUT2D eigenvalue weighted by Crippen LogP contribution is -2.12. The van der Waals surface area contributed by atoms with E-state index in [2.05, 4.69) is 14.3 Å². The summed E-state index contributed by atoms with van der Waals surface area (Å²) in [6, 6.07) is 24.1. The maximum absolute atomic E-state index is 12.9. The average molecular weight is 434 g/mol. The number of imidazole rings is 1. The van der Waals surface area contributed by atoms with Crippen LogP contribution in [0.4, 0.5) is 5.69 Å². The van der Waals surface area contributed by atoms with Crippen LogP contribution >= 0.6 is 11.8 Å². The van der Waals surface area contributed by atoms with E-state index in [1.54, 1.807) is 30.0 Å². The van der Waals surface area contributed by atoms with Gasteiger partial charge in [0, 0.05) is 29.7 Å². The summed E-state index contributed by atoms with van der Waals surface area (Å²) < 4.78 is 30.6. The van der Waals surface area contributed by atoms with Gasteiger partial charge < -0.3 is 4.57 Å². The van der Waals surface area contributed by atoms with Crippen molar-refractivity contribution < 1.29 is 8.42 Å². The molecule has 1 aliphatic rings. The van der Waals surface area contributed by atoms with Crippen molar-refractivity contribution in [3.63, 3.8) is 0 Å². The molecule has 0 saturated heterocycles. The number of sulfonamides is 1. The lowest BCUT2D eigenvalue weighted by molar-refractivity contribution is 0.601. The highest BCUT2D eigenvalue weighted by Crippen LogP contribution is 2.30. The largest absolute Gasteiger partial charge is 0.325 e. The van der Waals surface area contributed by atoms with Gasteiger partial charge in [-0.05, 0) is 35.4 Å². The highest BCUT2D eigenvalue weighted by molar-refractivity contribution is 7.99. The number of rotatable bonds is 5. The fourth-order valence-corrected chi connectivity index (χ4v) is 5.45. The van der Waals surface area contributed by atoms with Crippen LogP contribution in [0.15, 0.2) is 95.1 Å². The standard InChI is InChI=1S/C23H19N3O2S2/c27-30(28,21-11-9-18(10-12-21)17-5-2-1-3-6-17)25-20-8-4-7-19(15-20)22-16-26-13-14-29-23(26)24-22/h1-12,15-16,25H,13-14H2. The van der Waals surface area contributed by atoms with Gasteiger partial charge in [-0.1, -0.05) is 66.4 Å². The van der Waals surface area contributed by atoms with Crippen LogP contribution in [-0.2, 0) is 16.6 Å². The summed E-state index contributed by atoms with van der Waals surface area (Å²) in [4.78, 5) is 4.87. The van der Waals surface area contributed by atoms with Crippen molar-refractivity contribution in [3.8, 4) is 22.4 Å². The SMILES string of the molecule is O=S(=O)(Nc1cccc(-c2cn3c(n2)SCC3)c1)c1ccc(-c2ccccc2)cc1. The first-order valence-electron chi connectivity index (χ1n) is 9.57. The maximum Gasteiger partial charge on any atom is 0.261 e. The molecule has 0 saturated carbocycles. The van der Waals surface area contributed by atoms with Crippen molar-refractivity contribution >= 4 is 27.5 Å². The van der Waals surface area contributed by atoms with E-state index in [9.17, 15) is 8.42 Å². The molecule has 1 aromatic heterocycles. The predicted octanol–water partition coefficient (Wildman–Crippen LogP) is 5.12. The van der Waals surface area contributed by atoms with E-state index in [1.807, 2.05) is 66.9 Å². The van der Waals surface area contributed by atoms with Crippen molar-refractivity contribution in [2.24, 2.45) is 0 Å². The normalized spacial score (nSPS) is 13.2. The number of nitrogens with zero attached hydrogens (tertiary/aromatic N) is 2. The molecule has 1 aliphatic heterocycles. The first kappa shape index (κ1) is 19.0. The van der Waals surface area contributed by atoms with Crippen LogP contribution in [0.25, 0.3) is 22.4 Å². The number of fused-ring (bicyclic) bond motifs is 1. The van der Waals surface area contributed by atoms with Crippen LogP contribution in [-0.4, -0.2) is 23.7 Å². The number of aromatic nitrogens is 2. The van der Waals surface area contributed by atoms with Crippen LogP contribution < -0.4 is 4.72 Å². The molecule has 0 aliphatic carbocycles. The fraction of sp³-hybridized carbons (Fsp3) is 0.0870. The maximum atomic E-state index is 12.9. The van der Waals surface area contributed by atoms with Crippen molar-refractivity contribution in [2.75, 3.05) is 10.5 Å². The number of hydrogen-bond acceptors (Lipinski definition) is 4. The van der Waals surface area contributed by atoms with Crippen molar-refractivity contribution in [1.29, 1.82) is 0 Å². The zero-order chi connectivity index (χ0) is 20.6. The van der Waals surface area contributed by atoms with Crippen LogP contribution in [0.2, 0.25) is 0 Å². The van der Waals surface area contributed by atoms with E-state index in [0.717, 1.165) is 39.8 Å². The highest BCUT2D eigenvalue weighted by atomic mass is 32.2. The van der Waals surface area contributed by atoms with Crippen LogP contribution in [0.3, 0.4) is 0 Å². The van der Waals surface area contributed by atoms with Crippen molar-refractivity contribution in [2.45, 2.75) is 16.6 Å². The van der Waals surface area contributed by atoms with Gasteiger partial charge in [0.25, 0.3) is 10.0 Å². The number of benzene rings is 3. The Bertz CT molecular complexity index is 1280. The third-order valence-electron chi connectivity index (χ3n) is 4.99. The zero-order valence-electron chi connectivity index (χ0n) is 16.0. The number of nitrogens with one attached hydrogen (secondary N) is 1. The molecule has 0 atom stereocenters. The molecular weight excluding hydrogens is 414 g/mol. The summed E-state index contributed by atoms with van der Waals surface area (Å²) in [5, 5.41) is 1.01. The number of thioether (sulfide) groups is 1. The minimum atomic E-state index is -3.69. The topological polar surface area (TPSA) is 64.0 Å². The monoisotopic (exact) mass is 433 g/mol. The predicted molar refractivity (Wildman–Crippen MR) is 121 cm³/mol. The Morgan fingerprint density at radius 2 is 1.60 bits per heavy atom. The minimum absolute atomic E-state index is 0.227. The molecular formula is C23H19N3O2S2. The summed E-state index contributed by atoms with van der Waals surface area (Å²) in [7, 11) is -3.69. The molecule has 2 heterocycles. The van der Waals surface area contributed by atoms with Gasteiger partial charge in [-0.25, -0.2) is 13.4 Å². The van der Waals surface area contributed by atoms with Gasteiger partial charge in [-0.15, -0.1) is 0 Å². The molecule has 0 spiro atoms. The van der Waals surface area contributed by atoms with E-state index in [4.69, 9.17) is 0 Å². The molecule has 150 valence electrons. The smallest absolute Gasteiger partial charge is 0.261 e. The molecule has 1 N–H and O–H groups in total. The third kappa shape index (κ3) is 3.74. The molecule has 30 heavy (non-hydrogen) atoms. The second-order valence-electron chi connectivity index (χ2n) is 7.03. The van der Waals surface area contributed by atoms with Crippen molar-refractivity contribution in [3.05, 3.63) is 85.1 Å². The number of aryl methyl sites for hydroxylation is 1. The van der Waals surface area contributed by atoms with E-state index in [1.165, 1.54) is 0 Å². The van der Waals surface area contributed by atoms with Gasteiger partial charge in [0.05, 0.1) is 10.6 Å². The van der Waals surface area contributed by atoms with Crippen LogP contribution in [0, 0.1) is 0 Å². The molecule has 0 amide bonds. The molecule has 3 aromatic carbocycles. The zero-order valence-corrected chi connectivity index (χ0v) is 17.7. The summed E-state index contributed by atoms with van der Waals surface area (Å²) in [5.74, 6) is 1.05. The summed E-state index contributed by atoms with van der Waals surface area (Å²) in [6.07, 6.45) is 2.02. The van der Waals surface area contributed by atoms with Gasteiger partial charge in [-0.3, -0.25) is 4.72 Å². The van der Waals surface area contributed by atoms with Gasteiger partial charge in [0.15, 0.2) is 5.16 Å². The molecule has 0 fully saturated rings. The lowest BCUT2D eigenvalue weighted by Gasteiger charge is -2.10. The quantitative estimate of drug-likeness (QED) is 0.474. The number of hydrogen-bond donors (Lipinski definition) is 1. The molecule has 5 rings (SSSR count). The minimum Gasteiger partial charge on any atom is -0.325 e. The van der Waals surface area contributed by atoms with Gasteiger partial charge in [0.1, 0.15) is 0 Å². The van der Waals surface area contributed by atoms with E-state index in [0.29, 0.717) is 5.69 Å². The summed E-state index contributed by atoms with van der Waals surface area (Å²) >= 11 is 1.73. The van der Waals surface area contributed by atoms with Gasteiger partial charge >= 0.3 is 0 Å². The van der Waals surface area contributed by atoms with E-state index >= 15 is 0 Å². The van der Waals surface area contributed by atoms with Crippen LogP contribution in [0.5, 0.6) is 0 Å². The molecule has 4 aromatic rings. The Kier molecular flexibility index (Phi) is 4.84. The first-order valence-corrected chi connectivity index (χ1v) is 12.0. The van der Waals surface area contributed by atoms with Crippen molar-refractivity contribution in [1.82, 2.24) is 9.55 Å². The second-order valence-corrected chi connectivity index (χ2v) is 9.77. The molecule has 7 heteroatoms. The van der Waals surface area contributed by atoms with E-state index < -0.39 is 10.0 Å². The Morgan fingerprint density at radius 3 is 2.37 bits per heavy atom. The molecule has 0 radical (unpaired) electrons. The first-order chi connectivity index (χ1) is 14.6. The Labute approximate surface area is 179 Å². The Hall–Kier alpha value is -3.03. The highest BCUT2D eigenvalue weighted by Gasteiger charge is 2.17. The second kappa shape index (κ2) is 7.66. The molecule has 0 unspecified atom stereocenters. The van der Waals surface area contributed by atoms with Gasteiger partial charge in [-0.2, -0.15) is 0 Å². The Balaban J connectivity index is 1.38. The van der Waals surface area contributed by atoms with Crippen LogP contribution in [0.1, 0.15) is 0 Å². The lowest BCUT2D eigenvalue weighted by atomic mass is 10.1. The molecule has 0 bridgehead atoms. The summed E-state index contributed by atoms with van der Waals surface area (Å²) in [5.41, 5.74) is 4.28. The molecule has 5 nitrogen and oxygen atoms in total. The average Bonchev–Trinajstić information content (AvgIpc) is 3.37. The summed E-state index contributed by atoms with van der Waals surface area (Å²) in [6.45, 7) is 0.957. The number of anilines is 1. The van der Waals surface area contributed by atoms with Gasteiger partial charge in [0.2, 0.25) is 0 Å².